The van der Waals surface area contributed by atoms with E-state index in [0.29, 0.717) is 18.8 Å². The Kier molecular flexibility index (Phi) is 14.5. The Hall–Kier alpha value is -1.59. The largest absolute Gasteiger partial charge is 0.392 e. The molecule has 5 unspecified atom stereocenters. The number of likely N-dealkylation sites (N-methyl/N-ethyl adjacent to an activating group) is 1. The summed E-state index contributed by atoms with van der Waals surface area (Å²) in [5, 5.41) is 38.1. The van der Waals surface area contributed by atoms with Crippen molar-refractivity contribution in [2.75, 3.05) is 34.2 Å². The van der Waals surface area contributed by atoms with Crippen molar-refractivity contribution >= 4 is 5.91 Å². The highest BCUT2D eigenvalue weighted by atomic mass is 16.7. The molecule has 1 aromatic rings. The third kappa shape index (κ3) is 10.7. The van der Waals surface area contributed by atoms with E-state index < -0.39 is 42.0 Å². The van der Waals surface area contributed by atoms with Crippen LogP contribution in [0.15, 0.2) is 24.3 Å². The maximum atomic E-state index is 13.6. The van der Waals surface area contributed by atoms with Crippen LogP contribution < -0.4 is 5.32 Å². The van der Waals surface area contributed by atoms with Crippen LogP contribution in [0.3, 0.4) is 0 Å². The zero-order valence-electron chi connectivity index (χ0n) is 30.3. The number of amides is 1. The second-order valence-electron chi connectivity index (χ2n) is 15.5. The molecule has 2 heterocycles. The van der Waals surface area contributed by atoms with Crippen LogP contribution in [0.2, 0.25) is 0 Å². The van der Waals surface area contributed by atoms with Crippen LogP contribution in [-0.4, -0.2) is 114 Å². The number of benzene rings is 1. The van der Waals surface area contributed by atoms with Gasteiger partial charge in [-0.3, -0.25) is 4.79 Å². The third-order valence-corrected chi connectivity index (χ3v) is 10.4. The molecule has 0 bridgehead atoms. The molecular formula is C37H65N3O6. The van der Waals surface area contributed by atoms with E-state index in [2.05, 4.69) is 62.3 Å². The summed E-state index contributed by atoms with van der Waals surface area (Å²) in [6.07, 6.45) is 0.598. The first kappa shape index (κ1) is 38.9. The minimum absolute atomic E-state index is 0.0153. The van der Waals surface area contributed by atoms with Gasteiger partial charge in [-0.1, -0.05) is 58.9 Å². The molecule has 2 saturated heterocycles. The Balaban J connectivity index is 1.79. The van der Waals surface area contributed by atoms with Crippen LogP contribution >= 0.6 is 0 Å². The first-order chi connectivity index (χ1) is 21.5. The number of carbonyl (C=O) groups is 1. The lowest BCUT2D eigenvalue weighted by atomic mass is 9.77. The smallest absolute Gasteiger partial charge is 0.225 e. The fourth-order valence-corrected chi connectivity index (χ4v) is 7.55. The van der Waals surface area contributed by atoms with Crippen molar-refractivity contribution in [1.82, 2.24) is 15.1 Å². The summed E-state index contributed by atoms with van der Waals surface area (Å²) in [7, 11) is 5.93. The fourth-order valence-electron chi connectivity index (χ4n) is 7.55. The lowest BCUT2D eigenvalue weighted by Crippen LogP contribution is -2.59. The molecule has 1 aromatic carbocycles. The van der Waals surface area contributed by atoms with Crippen molar-refractivity contribution in [3.05, 3.63) is 35.4 Å². The number of aryl methyl sites for hydroxylation is 1. The Morgan fingerprint density at radius 3 is 2.37 bits per heavy atom. The minimum Gasteiger partial charge on any atom is -0.392 e. The summed E-state index contributed by atoms with van der Waals surface area (Å²) in [6.45, 7) is 15.3. The highest BCUT2D eigenvalue weighted by Crippen LogP contribution is 2.35. The maximum Gasteiger partial charge on any atom is 0.225 e. The van der Waals surface area contributed by atoms with Crippen LogP contribution in [0, 0.1) is 17.8 Å². The number of ether oxygens (including phenoxy) is 2. The molecule has 2 fully saturated rings. The average Bonchev–Trinajstić information content (AvgIpc) is 2.97. The minimum atomic E-state index is -1.35. The van der Waals surface area contributed by atoms with Crippen molar-refractivity contribution in [1.29, 1.82) is 0 Å². The van der Waals surface area contributed by atoms with Gasteiger partial charge >= 0.3 is 0 Å². The fraction of sp³-hybridized carbons (Fsp3) is 0.811. The van der Waals surface area contributed by atoms with Gasteiger partial charge < -0.3 is 39.9 Å². The lowest BCUT2D eigenvalue weighted by molar-refractivity contribution is -0.299. The van der Waals surface area contributed by atoms with E-state index >= 15 is 0 Å². The van der Waals surface area contributed by atoms with E-state index in [0.717, 1.165) is 38.8 Å². The highest BCUT2D eigenvalue weighted by molar-refractivity contribution is 5.79. The summed E-state index contributed by atoms with van der Waals surface area (Å²) >= 11 is 0. The van der Waals surface area contributed by atoms with E-state index in [1.54, 1.807) is 13.8 Å². The molecule has 2 aliphatic heterocycles. The predicted molar refractivity (Wildman–Crippen MR) is 184 cm³/mol. The van der Waals surface area contributed by atoms with Gasteiger partial charge in [-0.05, 0) is 103 Å². The highest BCUT2D eigenvalue weighted by Gasteiger charge is 2.47. The molecule has 0 radical (unpaired) electrons. The Morgan fingerprint density at radius 1 is 1.11 bits per heavy atom. The average molecular weight is 648 g/mol. The van der Waals surface area contributed by atoms with Crippen molar-refractivity contribution in [3.63, 3.8) is 0 Å². The van der Waals surface area contributed by atoms with Gasteiger partial charge in [0.05, 0.1) is 29.8 Å². The SMILES string of the molecule is CC1C[C@H](N(C)C)[C@@H](O)C(O[C@@H]2[C@@H](C)[C@H](O)C(C)C(=O)NC(CCCc3ccc(C(C)C)cc3)CCN(C)C[C@H](C)CC2(C)O)O1. The number of rotatable bonds is 8. The molecule has 264 valence electrons. The standard InChI is InChI=1S/C37H65N3O6/c1-23(2)29-16-14-28(15-17-29)12-11-13-30-18-19-40(10)22-24(3)21-37(7,44)34(26(5)32(41)27(6)35(43)38-30)46-36-33(42)31(39(8)9)20-25(4)45-36/h14-17,23-27,30-34,36,41-42,44H,11-13,18-22H2,1-10H3,(H,38,43)/t24-,25?,26+,27?,30?,31+,32+,33-,34-,36?,37?/m1/s1. The summed E-state index contributed by atoms with van der Waals surface area (Å²) in [4.78, 5) is 17.9. The predicted octanol–water partition coefficient (Wildman–Crippen LogP) is 4.17. The third-order valence-electron chi connectivity index (χ3n) is 10.4. The van der Waals surface area contributed by atoms with Crippen molar-refractivity contribution in [2.24, 2.45) is 17.8 Å². The van der Waals surface area contributed by atoms with Gasteiger partial charge in [0.25, 0.3) is 0 Å². The van der Waals surface area contributed by atoms with Gasteiger partial charge in [-0.2, -0.15) is 0 Å². The molecule has 1 amide bonds. The number of aliphatic hydroxyl groups is 3. The second-order valence-corrected chi connectivity index (χ2v) is 15.5. The zero-order valence-corrected chi connectivity index (χ0v) is 30.3. The van der Waals surface area contributed by atoms with E-state index in [9.17, 15) is 20.1 Å². The molecular weight excluding hydrogens is 582 g/mol. The summed E-state index contributed by atoms with van der Waals surface area (Å²) < 4.78 is 12.6. The molecule has 46 heavy (non-hydrogen) atoms. The molecule has 2 aliphatic rings. The van der Waals surface area contributed by atoms with Gasteiger partial charge in [-0.15, -0.1) is 0 Å². The molecule has 9 nitrogen and oxygen atoms in total. The number of aliphatic hydroxyl groups excluding tert-OH is 2. The van der Waals surface area contributed by atoms with E-state index in [1.165, 1.54) is 11.1 Å². The van der Waals surface area contributed by atoms with Crippen LogP contribution in [-0.2, 0) is 20.7 Å². The molecule has 11 atom stereocenters. The van der Waals surface area contributed by atoms with Gasteiger partial charge in [0, 0.05) is 24.5 Å². The Labute approximate surface area is 279 Å². The van der Waals surface area contributed by atoms with Crippen molar-refractivity contribution < 1.29 is 29.6 Å². The number of nitrogens with zero attached hydrogens (tertiary/aromatic N) is 2. The van der Waals surface area contributed by atoms with Crippen LogP contribution in [0.25, 0.3) is 0 Å². The van der Waals surface area contributed by atoms with Crippen molar-refractivity contribution in [2.45, 2.75) is 141 Å². The van der Waals surface area contributed by atoms with Crippen molar-refractivity contribution in [3.8, 4) is 0 Å². The lowest BCUT2D eigenvalue weighted by Gasteiger charge is -2.46. The van der Waals surface area contributed by atoms with E-state index in [-0.39, 0.29) is 30.0 Å². The quantitative estimate of drug-likeness (QED) is 0.333. The molecule has 4 N–H and O–H groups in total. The van der Waals surface area contributed by atoms with Crippen LogP contribution in [0.5, 0.6) is 0 Å². The molecule has 0 aliphatic carbocycles. The van der Waals surface area contributed by atoms with Gasteiger partial charge in [0.2, 0.25) is 5.91 Å². The second kappa shape index (κ2) is 17.2. The molecule has 9 heteroatoms. The van der Waals surface area contributed by atoms with Crippen LogP contribution in [0.1, 0.15) is 97.6 Å². The first-order valence-electron chi connectivity index (χ1n) is 17.6. The maximum absolute atomic E-state index is 13.6. The van der Waals surface area contributed by atoms with Gasteiger partial charge in [0.15, 0.2) is 6.29 Å². The monoisotopic (exact) mass is 647 g/mol. The van der Waals surface area contributed by atoms with E-state index in [4.69, 9.17) is 9.47 Å². The molecule has 0 spiro atoms. The number of nitrogens with one attached hydrogen (secondary N) is 1. The molecule has 0 aromatic heterocycles. The number of hydrogen-bond donors (Lipinski definition) is 4. The summed E-state index contributed by atoms with van der Waals surface area (Å²) in [5.41, 5.74) is 1.29. The topological polar surface area (TPSA) is 115 Å². The van der Waals surface area contributed by atoms with Gasteiger partial charge in [-0.25, -0.2) is 0 Å². The van der Waals surface area contributed by atoms with Gasteiger partial charge in [0.1, 0.15) is 6.10 Å². The Bertz CT molecular complexity index is 1070. The number of carbonyl (C=O) groups excluding carboxylic acids is 1. The number of hydrogen-bond acceptors (Lipinski definition) is 8. The molecule has 0 saturated carbocycles. The first-order valence-corrected chi connectivity index (χ1v) is 17.6. The summed E-state index contributed by atoms with van der Waals surface area (Å²) in [5.74, 6) is -0.919. The Morgan fingerprint density at radius 2 is 1.76 bits per heavy atom. The summed E-state index contributed by atoms with van der Waals surface area (Å²) in [6, 6.07) is 8.65. The van der Waals surface area contributed by atoms with E-state index in [1.807, 2.05) is 32.8 Å². The van der Waals surface area contributed by atoms with Crippen LogP contribution in [0.4, 0.5) is 0 Å². The zero-order chi connectivity index (χ0) is 34.3. The normalized spacial score (nSPS) is 37.7. The molecule has 3 rings (SSSR count).